The van der Waals surface area contributed by atoms with Crippen LogP contribution in [0.2, 0.25) is 0 Å². The van der Waals surface area contributed by atoms with Crippen molar-refractivity contribution in [3.63, 3.8) is 0 Å². The summed E-state index contributed by atoms with van der Waals surface area (Å²) in [5.41, 5.74) is 1.39. The minimum absolute atomic E-state index is 0.746. The third kappa shape index (κ3) is 6.16. The molecule has 0 fully saturated rings. The predicted molar refractivity (Wildman–Crippen MR) is 72.3 cm³/mol. The van der Waals surface area contributed by atoms with Gasteiger partial charge in [-0.3, -0.25) is 0 Å². The maximum absolute atomic E-state index is 5.39. The monoisotopic (exact) mass is 239 g/mol. The van der Waals surface area contributed by atoms with E-state index < -0.39 is 0 Å². The summed E-state index contributed by atoms with van der Waals surface area (Å²) in [4.78, 5) is 2.30. The zero-order valence-electron chi connectivity index (χ0n) is 9.93. The molecular weight excluding hydrogens is 218 g/mol. The van der Waals surface area contributed by atoms with E-state index in [1.165, 1.54) is 5.56 Å². The number of rotatable bonds is 8. The molecule has 1 aromatic carbocycles. The van der Waals surface area contributed by atoms with Crippen molar-refractivity contribution in [2.75, 3.05) is 39.1 Å². The molecule has 0 spiro atoms. The first-order valence-corrected chi connectivity index (χ1v) is 6.37. The minimum Gasteiger partial charge on any atom is -0.379 e. The summed E-state index contributed by atoms with van der Waals surface area (Å²) in [5.74, 6) is 0.799. The van der Waals surface area contributed by atoms with Crippen molar-refractivity contribution in [1.29, 1.82) is 0 Å². The largest absolute Gasteiger partial charge is 0.379 e. The smallest absolute Gasteiger partial charge is 0.0593 e. The van der Waals surface area contributed by atoms with Gasteiger partial charge in [-0.2, -0.15) is 12.6 Å². The number of likely N-dealkylation sites (N-methyl/N-ethyl adjacent to an activating group) is 1. The zero-order valence-corrected chi connectivity index (χ0v) is 10.8. The molecule has 0 aromatic heterocycles. The fourth-order valence-corrected chi connectivity index (χ4v) is 1.59. The topological polar surface area (TPSA) is 12.5 Å². The lowest BCUT2D eigenvalue weighted by molar-refractivity contribution is 0.125. The Hall–Kier alpha value is -0.510. The van der Waals surface area contributed by atoms with Gasteiger partial charge in [-0.1, -0.05) is 30.3 Å². The third-order valence-electron chi connectivity index (χ3n) is 2.48. The van der Waals surface area contributed by atoms with Crippen LogP contribution in [0.15, 0.2) is 30.3 Å². The molecule has 0 atom stereocenters. The molecule has 1 rings (SSSR count). The Kier molecular flexibility index (Phi) is 7.30. The number of ether oxygens (including phenoxy) is 1. The van der Waals surface area contributed by atoms with Crippen LogP contribution in [0.5, 0.6) is 0 Å². The molecule has 0 amide bonds. The van der Waals surface area contributed by atoms with Crippen LogP contribution in [0.1, 0.15) is 5.56 Å². The Balaban J connectivity index is 2.08. The van der Waals surface area contributed by atoms with E-state index in [2.05, 4.69) is 54.9 Å². The first-order valence-electron chi connectivity index (χ1n) is 5.74. The summed E-state index contributed by atoms with van der Waals surface area (Å²) < 4.78 is 5.39. The van der Waals surface area contributed by atoms with Crippen molar-refractivity contribution in [3.05, 3.63) is 35.9 Å². The van der Waals surface area contributed by atoms with Crippen LogP contribution in [-0.2, 0) is 11.2 Å². The van der Waals surface area contributed by atoms with Crippen LogP contribution in [0.3, 0.4) is 0 Å². The molecule has 0 N–H and O–H groups in total. The normalized spacial score (nSPS) is 10.9. The van der Waals surface area contributed by atoms with Crippen LogP contribution in [0.4, 0.5) is 0 Å². The van der Waals surface area contributed by atoms with Gasteiger partial charge >= 0.3 is 0 Å². The molecule has 0 heterocycles. The quantitative estimate of drug-likeness (QED) is 0.551. The number of benzene rings is 1. The summed E-state index contributed by atoms with van der Waals surface area (Å²) in [6.45, 7) is 3.61. The highest BCUT2D eigenvalue weighted by molar-refractivity contribution is 7.80. The molecule has 3 heteroatoms. The van der Waals surface area contributed by atoms with E-state index in [0.717, 1.165) is 38.5 Å². The van der Waals surface area contributed by atoms with Gasteiger partial charge in [0, 0.05) is 18.8 Å². The molecule has 0 radical (unpaired) electrons. The average Bonchev–Trinajstić information content (AvgIpc) is 2.33. The number of hydrogen-bond donors (Lipinski definition) is 1. The van der Waals surface area contributed by atoms with E-state index >= 15 is 0 Å². The van der Waals surface area contributed by atoms with Crippen LogP contribution in [-0.4, -0.2) is 44.0 Å². The summed E-state index contributed by atoms with van der Waals surface area (Å²) in [5, 5.41) is 0. The fourth-order valence-electron chi connectivity index (χ4n) is 1.46. The highest BCUT2D eigenvalue weighted by Gasteiger charge is 1.98. The summed E-state index contributed by atoms with van der Waals surface area (Å²) >= 11 is 4.10. The third-order valence-corrected chi connectivity index (χ3v) is 2.66. The summed E-state index contributed by atoms with van der Waals surface area (Å²) in [7, 11) is 2.13. The molecule has 0 aliphatic rings. The van der Waals surface area contributed by atoms with Crippen molar-refractivity contribution >= 4 is 12.6 Å². The van der Waals surface area contributed by atoms with Crippen molar-refractivity contribution in [3.8, 4) is 0 Å². The Morgan fingerprint density at radius 1 is 1.12 bits per heavy atom. The summed E-state index contributed by atoms with van der Waals surface area (Å²) in [6.07, 6.45) is 1.10. The first-order chi connectivity index (χ1) is 7.83. The van der Waals surface area contributed by atoms with E-state index in [1.54, 1.807) is 0 Å². The van der Waals surface area contributed by atoms with Gasteiger partial charge < -0.3 is 9.64 Å². The van der Waals surface area contributed by atoms with Crippen LogP contribution in [0.25, 0.3) is 0 Å². The molecule has 0 bridgehead atoms. The standard InChI is InChI=1S/C13H21NOS/c1-14(9-10-15-11-12-16)8-7-13-5-3-2-4-6-13/h2-6,16H,7-12H2,1H3. The van der Waals surface area contributed by atoms with E-state index in [9.17, 15) is 0 Å². The van der Waals surface area contributed by atoms with Crippen LogP contribution >= 0.6 is 12.6 Å². The van der Waals surface area contributed by atoms with E-state index in [0.29, 0.717) is 0 Å². The minimum atomic E-state index is 0.746. The average molecular weight is 239 g/mol. The number of hydrogen-bond acceptors (Lipinski definition) is 3. The van der Waals surface area contributed by atoms with Crippen LogP contribution in [0, 0.1) is 0 Å². The Labute approximate surface area is 104 Å². The van der Waals surface area contributed by atoms with Gasteiger partial charge in [-0.15, -0.1) is 0 Å². The summed E-state index contributed by atoms with van der Waals surface area (Å²) in [6, 6.07) is 10.6. The second-order valence-corrected chi connectivity index (χ2v) is 4.32. The maximum atomic E-state index is 5.39. The van der Waals surface area contributed by atoms with Crippen molar-refractivity contribution < 1.29 is 4.74 Å². The van der Waals surface area contributed by atoms with Gasteiger partial charge in [0.25, 0.3) is 0 Å². The molecule has 1 aromatic rings. The SMILES string of the molecule is CN(CCOCCS)CCc1ccccc1. The number of nitrogens with zero attached hydrogens (tertiary/aromatic N) is 1. The van der Waals surface area contributed by atoms with E-state index in [4.69, 9.17) is 4.74 Å². The Morgan fingerprint density at radius 3 is 2.56 bits per heavy atom. The lowest BCUT2D eigenvalue weighted by Crippen LogP contribution is -2.25. The fraction of sp³-hybridized carbons (Fsp3) is 0.538. The highest BCUT2D eigenvalue weighted by Crippen LogP contribution is 2.00. The lowest BCUT2D eigenvalue weighted by Gasteiger charge is -2.16. The maximum Gasteiger partial charge on any atom is 0.0593 e. The van der Waals surface area contributed by atoms with Gasteiger partial charge in [0.2, 0.25) is 0 Å². The Morgan fingerprint density at radius 2 is 1.88 bits per heavy atom. The molecule has 0 unspecified atom stereocenters. The first kappa shape index (κ1) is 13.6. The predicted octanol–water partition coefficient (Wildman–Crippen LogP) is 2.11. The molecule has 2 nitrogen and oxygen atoms in total. The van der Waals surface area contributed by atoms with Crippen molar-refractivity contribution in [2.24, 2.45) is 0 Å². The second-order valence-electron chi connectivity index (χ2n) is 3.87. The molecule has 0 saturated heterocycles. The van der Waals surface area contributed by atoms with Crippen molar-refractivity contribution in [1.82, 2.24) is 4.90 Å². The van der Waals surface area contributed by atoms with E-state index in [-0.39, 0.29) is 0 Å². The lowest BCUT2D eigenvalue weighted by atomic mass is 10.1. The number of thiol groups is 1. The van der Waals surface area contributed by atoms with Gasteiger partial charge in [0.05, 0.1) is 13.2 Å². The molecule has 0 aliphatic heterocycles. The zero-order chi connectivity index (χ0) is 11.6. The Bertz CT molecular complexity index is 266. The van der Waals surface area contributed by atoms with Gasteiger partial charge in [0.1, 0.15) is 0 Å². The molecule has 90 valence electrons. The van der Waals surface area contributed by atoms with Gasteiger partial charge in [0.15, 0.2) is 0 Å². The van der Waals surface area contributed by atoms with Gasteiger partial charge in [-0.25, -0.2) is 0 Å². The molecular formula is C13H21NOS. The highest BCUT2D eigenvalue weighted by atomic mass is 32.1. The molecule has 16 heavy (non-hydrogen) atoms. The van der Waals surface area contributed by atoms with Gasteiger partial charge in [-0.05, 0) is 19.0 Å². The second kappa shape index (κ2) is 8.62. The van der Waals surface area contributed by atoms with Crippen LogP contribution < -0.4 is 0 Å². The van der Waals surface area contributed by atoms with Crippen molar-refractivity contribution in [2.45, 2.75) is 6.42 Å². The molecule has 0 saturated carbocycles. The molecule has 0 aliphatic carbocycles. The van der Waals surface area contributed by atoms with E-state index in [1.807, 2.05) is 0 Å².